The minimum atomic E-state index is -0.0185. The third kappa shape index (κ3) is 2.55. The third-order valence-corrected chi connectivity index (χ3v) is 4.43. The normalized spacial score (nSPS) is 32.2. The van der Waals surface area contributed by atoms with Crippen LogP contribution in [0.1, 0.15) is 25.0 Å². The number of likely N-dealkylation sites (tertiary alicyclic amines) is 1. The largest absolute Gasteiger partial charge is 0.377 e. The summed E-state index contributed by atoms with van der Waals surface area (Å²) in [5.74, 6) is 0. The quantitative estimate of drug-likeness (QED) is 0.823. The topological polar surface area (TPSA) is 39.5 Å². The summed E-state index contributed by atoms with van der Waals surface area (Å²) in [4.78, 5) is 2.42. The van der Waals surface area contributed by atoms with Crippen LogP contribution in [0.25, 0.3) is 0 Å². The molecule has 19 heavy (non-hydrogen) atoms. The summed E-state index contributed by atoms with van der Waals surface area (Å²) in [5, 5.41) is 4.45. The summed E-state index contributed by atoms with van der Waals surface area (Å²) in [6.45, 7) is 3.79. The van der Waals surface area contributed by atoms with E-state index in [1.54, 1.807) is 7.11 Å². The lowest BCUT2D eigenvalue weighted by Crippen LogP contribution is -2.55. The van der Waals surface area contributed by atoms with Crippen molar-refractivity contribution < 1.29 is 9.47 Å². The number of aryl methyl sites for hydroxylation is 1. The van der Waals surface area contributed by atoms with Crippen molar-refractivity contribution in [2.45, 2.75) is 37.5 Å². The van der Waals surface area contributed by atoms with Gasteiger partial charge in [-0.2, -0.15) is 5.10 Å². The Morgan fingerprint density at radius 1 is 1.53 bits per heavy atom. The molecule has 3 rings (SSSR count). The lowest BCUT2D eigenvalue weighted by Gasteiger charge is -2.44. The highest BCUT2D eigenvalue weighted by Crippen LogP contribution is 2.37. The molecule has 2 aliphatic heterocycles. The molecule has 2 saturated heterocycles. The Morgan fingerprint density at radius 2 is 2.42 bits per heavy atom. The van der Waals surface area contributed by atoms with E-state index in [-0.39, 0.29) is 11.7 Å². The number of piperidine rings is 1. The molecule has 0 aromatic carbocycles. The van der Waals surface area contributed by atoms with Gasteiger partial charge in [0.1, 0.15) is 0 Å². The standard InChI is InChI=1S/C14H23N3O2/c1-16-7-4-12(15-16)10-17-8-6-14(5-3-9-19-14)13(11-17)18-2/h4,7,13H,3,5-6,8-11H2,1-2H3/t13-,14-/m0/s1. The van der Waals surface area contributed by atoms with Gasteiger partial charge in [0, 0.05) is 46.6 Å². The van der Waals surface area contributed by atoms with Gasteiger partial charge in [0.25, 0.3) is 0 Å². The molecule has 2 fully saturated rings. The van der Waals surface area contributed by atoms with E-state index in [1.165, 1.54) is 6.42 Å². The van der Waals surface area contributed by atoms with Crippen LogP contribution in [-0.2, 0) is 23.1 Å². The minimum Gasteiger partial charge on any atom is -0.377 e. The predicted molar refractivity (Wildman–Crippen MR) is 71.8 cm³/mol. The molecule has 1 spiro atoms. The van der Waals surface area contributed by atoms with Crippen LogP contribution in [0.4, 0.5) is 0 Å². The van der Waals surface area contributed by atoms with Crippen molar-refractivity contribution in [1.82, 2.24) is 14.7 Å². The molecule has 5 heteroatoms. The molecule has 0 amide bonds. The Kier molecular flexibility index (Phi) is 3.60. The lowest BCUT2D eigenvalue weighted by atomic mass is 9.86. The molecule has 2 aliphatic rings. The van der Waals surface area contributed by atoms with Crippen LogP contribution < -0.4 is 0 Å². The molecule has 2 atom stereocenters. The van der Waals surface area contributed by atoms with Gasteiger partial charge in [0.05, 0.1) is 17.4 Å². The smallest absolute Gasteiger partial charge is 0.0987 e. The summed E-state index contributed by atoms with van der Waals surface area (Å²) in [6, 6.07) is 2.08. The molecule has 0 unspecified atom stereocenters. The zero-order valence-corrected chi connectivity index (χ0v) is 11.8. The zero-order chi connectivity index (χ0) is 13.3. The summed E-state index contributed by atoms with van der Waals surface area (Å²) >= 11 is 0. The Hall–Kier alpha value is -0.910. The Balaban J connectivity index is 1.64. The second-order valence-electron chi connectivity index (χ2n) is 5.71. The van der Waals surface area contributed by atoms with Gasteiger partial charge in [-0.3, -0.25) is 9.58 Å². The van der Waals surface area contributed by atoms with Gasteiger partial charge in [-0.1, -0.05) is 0 Å². The lowest BCUT2D eigenvalue weighted by molar-refractivity contribution is -0.143. The molecule has 0 saturated carbocycles. The monoisotopic (exact) mass is 265 g/mol. The number of ether oxygens (including phenoxy) is 2. The highest BCUT2D eigenvalue weighted by Gasteiger charge is 2.46. The number of hydrogen-bond donors (Lipinski definition) is 0. The molecule has 1 aromatic rings. The molecular formula is C14H23N3O2. The Labute approximate surface area is 114 Å². The summed E-state index contributed by atoms with van der Waals surface area (Å²) in [6.07, 6.45) is 5.56. The molecule has 3 heterocycles. The average molecular weight is 265 g/mol. The maximum atomic E-state index is 6.02. The van der Waals surface area contributed by atoms with E-state index in [1.807, 2.05) is 17.9 Å². The van der Waals surface area contributed by atoms with Crippen molar-refractivity contribution in [2.24, 2.45) is 7.05 Å². The van der Waals surface area contributed by atoms with Crippen molar-refractivity contribution in [1.29, 1.82) is 0 Å². The predicted octanol–water partition coefficient (Wildman–Crippen LogP) is 1.19. The highest BCUT2D eigenvalue weighted by atomic mass is 16.5. The van der Waals surface area contributed by atoms with Gasteiger partial charge in [0.15, 0.2) is 0 Å². The number of aromatic nitrogens is 2. The first-order chi connectivity index (χ1) is 9.22. The van der Waals surface area contributed by atoms with Crippen LogP contribution in [-0.4, -0.2) is 53.2 Å². The van der Waals surface area contributed by atoms with Crippen molar-refractivity contribution in [3.05, 3.63) is 18.0 Å². The first kappa shape index (κ1) is 13.1. The molecule has 1 aromatic heterocycles. The SMILES string of the molecule is CO[C@H]1CN(Cc2ccn(C)n2)CC[C@@]12CCCO2. The Morgan fingerprint density at radius 3 is 3.05 bits per heavy atom. The van der Waals surface area contributed by atoms with Gasteiger partial charge < -0.3 is 9.47 Å². The summed E-state index contributed by atoms with van der Waals surface area (Å²) in [7, 11) is 3.76. The second kappa shape index (κ2) is 5.23. The molecule has 5 nitrogen and oxygen atoms in total. The third-order valence-electron chi connectivity index (χ3n) is 4.43. The maximum absolute atomic E-state index is 6.02. The zero-order valence-electron chi connectivity index (χ0n) is 11.8. The number of nitrogens with zero attached hydrogens (tertiary/aromatic N) is 3. The maximum Gasteiger partial charge on any atom is 0.0987 e. The van der Waals surface area contributed by atoms with Gasteiger partial charge in [-0.25, -0.2) is 0 Å². The van der Waals surface area contributed by atoms with Gasteiger partial charge >= 0.3 is 0 Å². The molecular weight excluding hydrogens is 242 g/mol. The second-order valence-corrected chi connectivity index (χ2v) is 5.71. The first-order valence-corrected chi connectivity index (χ1v) is 7.09. The number of rotatable bonds is 3. The molecule has 0 radical (unpaired) electrons. The van der Waals surface area contributed by atoms with E-state index >= 15 is 0 Å². The van der Waals surface area contributed by atoms with Gasteiger partial charge in [0.2, 0.25) is 0 Å². The Bertz CT molecular complexity index is 426. The average Bonchev–Trinajstić information content (AvgIpc) is 3.02. The minimum absolute atomic E-state index is 0.0185. The van der Waals surface area contributed by atoms with E-state index in [2.05, 4.69) is 16.1 Å². The summed E-state index contributed by atoms with van der Waals surface area (Å²) < 4.78 is 13.6. The van der Waals surface area contributed by atoms with Crippen LogP contribution in [0.15, 0.2) is 12.3 Å². The van der Waals surface area contributed by atoms with Crippen molar-refractivity contribution >= 4 is 0 Å². The van der Waals surface area contributed by atoms with E-state index in [0.29, 0.717) is 0 Å². The van der Waals surface area contributed by atoms with Gasteiger partial charge in [-0.15, -0.1) is 0 Å². The number of methoxy groups -OCH3 is 1. The fraction of sp³-hybridized carbons (Fsp3) is 0.786. The fourth-order valence-electron chi connectivity index (χ4n) is 3.38. The molecule has 0 N–H and O–H groups in total. The van der Waals surface area contributed by atoms with Crippen LogP contribution in [0.5, 0.6) is 0 Å². The number of hydrogen-bond acceptors (Lipinski definition) is 4. The molecule has 0 bridgehead atoms. The van der Waals surface area contributed by atoms with E-state index in [9.17, 15) is 0 Å². The van der Waals surface area contributed by atoms with Crippen molar-refractivity contribution in [2.75, 3.05) is 26.8 Å². The van der Waals surface area contributed by atoms with Crippen molar-refractivity contribution in [3.8, 4) is 0 Å². The molecule has 106 valence electrons. The van der Waals surface area contributed by atoms with Crippen LogP contribution >= 0.6 is 0 Å². The van der Waals surface area contributed by atoms with Crippen LogP contribution in [0, 0.1) is 0 Å². The van der Waals surface area contributed by atoms with Crippen LogP contribution in [0.3, 0.4) is 0 Å². The van der Waals surface area contributed by atoms with E-state index in [4.69, 9.17) is 9.47 Å². The van der Waals surface area contributed by atoms with Crippen LogP contribution in [0.2, 0.25) is 0 Å². The van der Waals surface area contributed by atoms with Gasteiger partial charge in [-0.05, 0) is 25.3 Å². The van der Waals surface area contributed by atoms with E-state index in [0.717, 1.165) is 44.8 Å². The van der Waals surface area contributed by atoms with E-state index < -0.39 is 0 Å². The molecule has 0 aliphatic carbocycles. The van der Waals surface area contributed by atoms with Crippen molar-refractivity contribution in [3.63, 3.8) is 0 Å². The fourth-order valence-corrected chi connectivity index (χ4v) is 3.38. The highest BCUT2D eigenvalue weighted by molar-refractivity contribution is 5.02. The summed E-state index contributed by atoms with van der Waals surface area (Å²) in [5.41, 5.74) is 1.11. The first-order valence-electron chi connectivity index (χ1n) is 7.09.